The predicted octanol–water partition coefficient (Wildman–Crippen LogP) is 4.85. The topological polar surface area (TPSA) is 97.6 Å². The molecule has 3 aromatic rings. The second-order valence-corrected chi connectivity index (χ2v) is 9.01. The van der Waals surface area contributed by atoms with Gasteiger partial charge in [0, 0.05) is 17.8 Å². The van der Waals surface area contributed by atoms with Crippen molar-refractivity contribution in [3.05, 3.63) is 65.5 Å². The zero-order chi connectivity index (χ0) is 24.6. The molecule has 1 aliphatic rings. The van der Waals surface area contributed by atoms with E-state index in [4.69, 9.17) is 9.26 Å². The Morgan fingerprint density at radius 3 is 2.80 bits per heavy atom. The largest absolute Gasteiger partial charge is 0.462 e. The monoisotopic (exact) mass is 476 g/mol. The highest BCUT2D eigenvalue weighted by atomic mass is 16.5. The molecule has 8 nitrogen and oxygen atoms in total. The lowest BCUT2D eigenvalue weighted by molar-refractivity contribution is -0.121. The average Bonchev–Trinajstić information content (AvgIpc) is 3.33. The number of carbonyl (C=O) groups is 2. The third kappa shape index (κ3) is 6.76. The zero-order valence-electron chi connectivity index (χ0n) is 20.3. The summed E-state index contributed by atoms with van der Waals surface area (Å²) in [5.74, 6) is 0.614. The van der Waals surface area contributed by atoms with Gasteiger partial charge in [0.15, 0.2) is 0 Å². The number of amides is 1. The molecule has 1 aliphatic heterocycles. The Labute approximate surface area is 205 Å². The summed E-state index contributed by atoms with van der Waals surface area (Å²) in [5.41, 5.74) is 3.21. The number of nitrogens with zero attached hydrogens (tertiary/aromatic N) is 3. The lowest BCUT2D eigenvalue weighted by Gasteiger charge is -2.30. The number of carbonyl (C=O) groups excluding carboxylic acids is 2. The van der Waals surface area contributed by atoms with Crippen LogP contribution >= 0.6 is 0 Å². The second-order valence-electron chi connectivity index (χ2n) is 9.01. The van der Waals surface area contributed by atoms with Crippen LogP contribution in [-0.4, -0.2) is 46.6 Å². The highest BCUT2D eigenvalue weighted by Gasteiger charge is 2.27. The van der Waals surface area contributed by atoms with Gasteiger partial charge < -0.3 is 14.6 Å². The molecular formula is C27H32N4O4. The Kier molecular flexibility index (Phi) is 8.26. The van der Waals surface area contributed by atoms with Crippen LogP contribution in [0.5, 0.6) is 0 Å². The van der Waals surface area contributed by atoms with E-state index in [9.17, 15) is 9.59 Å². The lowest BCUT2D eigenvalue weighted by atomic mass is 9.97. The molecule has 1 saturated heterocycles. The highest BCUT2D eigenvalue weighted by molar-refractivity contribution is 5.94. The van der Waals surface area contributed by atoms with Crippen LogP contribution in [0.1, 0.15) is 54.4 Å². The van der Waals surface area contributed by atoms with Gasteiger partial charge in [-0.15, -0.1) is 0 Å². The van der Waals surface area contributed by atoms with Crippen LogP contribution in [0.3, 0.4) is 0 Å². The van der Waals surface area contributed by atoms with Gasteiger partial charge in [0.25, 0.3) is 0 Å². The molecule has 0 bridgehead atoms. The average molecular weight is 477 g/mol. The molecule has 0 aliphatic carbocycles. The summed E-state index contributed by atoms with van der Waals surface area (Å²) in [6.07, 6.45) is 3.56. The number of nitrogens with one attached hydrogen (secondary N) is 1. The summed E-state index contributed by atoms with van der Waals surface area (Å²) >= 11 is 0. The maximum Gasteiger partial charge on any atom is 0.338 e. The van der Waals surface area contributed by atoms with E-state index < -0.39 is 0 Å². The van der Waals surface area contributed by atoms with Gasteiger partial charge in [-0.1, -0.05) is 42.3 Å². The van der Waals surface area contributed by atoms with Crippen LogP contribution in [-0.2, 0) is 16.1 Å². The maximum absolute atomic E-state index is 12.9. The van der Waals surface area contributed by atoms with Crippen LogP contribution in [0.25, 0.3) is 11.4 Å². The summed E-state index contributed by atoms with van der Waals surface area (Å²) in [6, 6.07) is 14.8. The second kappa shape index (κ2) is 11.8. The first kappa shape index (κ1) is 24.6. The molecule has 184 valence electrons. The number of hydrogen-bond acceptors (Lipinski definition) is 7. The Morgan fingerprint density at radius 1 is 1.20 bits per heavy atom. The molecule has 1 N–H and O–H groups in total. The zero-order valence-corrected chi connectivity index (χ0v) is 20.3. The molecule has 0 radical (unpaired) electrons. The van der Waals surface area contributed by atoms with E-state index in [1.165, 1.54) is 0 Å². The van der Waals surface area contributed by atoms with Crippen molar-refractivity contribution in [1.82, 2.24) is 15.0 Å². The van der Waals surface area contributed by atoms with Crippen LogP contribution in [0.2, 0.25) is 0 Å². The fraction of sp³-hybridized carbons (Fsp3) is 0.407. The number of benzene rings is 2. The van der Waals surface area contributed by atoms with Gasteiger partial charge >= 0.3 is 5.97 Å². The molecule has 2 aromatic carbocycles. The van der Waals surface area contributed by atoms with Crippen LogP contribution < -0.4 is 5.32 Å². The molecule has 1 amide bonds. The van der Waals surface area contributed by atoms with E-state index in [2.05, 4.69) is 20.4 Å². The third-order valence-electron chi connectivity index (χ3n) is 6.10. The van der Waals surface area contributed by atoms with Crippen LogP contribution in [0.4, 0.5) is 5.69 Å². The quantitative estimate of drug-likeness (QED) is 0.348. The summed E-state index contributed by atoms with van der Waals surface area (Å²) in [4.78, 5) is 31.7. The van der Waals surface area contributed by atoms with E-state index in [1.807, 2.05) is 38.1 Å². The van der Waals surface area contributed by atoms with E-state index in [0.717, 1.165) is 43.4 Å². The van der Waals surface area contributed by atoms with E-state index >= 15 is 0 Å². The van der Waals surface area contributed by atoms with Gasteiger partial charge in [0.1, 0.15) is 0 Å². The van der Waals surface area contributed by atoms with Gasteiger partial charge in [-0.25, -0.2) is 4.79 Å². The number of piperidine rings is 1. The molecule has 35 heavy (non-hydrogen) atoms. The number of rotatable bonds is 9. The summed E-state index contributed by atoms with van der Waals surface area (Å²) in [5, 5.41) is 7.09. The maximum atomic E-state index is 12.9. The van der Waals surface area contributed by atoms with Crippen LogP contribution in [0.15, 0.2) is 53.1 Å². The van der Waals surface area contributed by atoms with Crippen molar-refractivity contribution in [2.24, 2.45) is 5.92 Å². The summed E-state index contributed by atoms with van der Waals surface area (Å²) in [6.45, 7) is 6.50. The van der Waals surface area contributed by atoms with E-state index in [1.54, 1.807) is 24.3 Å². The standard InChI is InChI=1S/C27H32N4O4/c1-3-4-15-34-27(33)20-10-12-23(13-11-20)28-26(32)22-9-6-14-31(17-22)18-24-29-25(30-35-24)21-8-5-7-19(2)16-21/h5,7-8,10-13,16,22H,3-4,6,9,14-15,17-18H2,1-2H3,(H,28,32). The molecule has 2 heterocycles. The number of aromatic nitrogens is 2. The number of hydrogen-bond donors (Lipinski definition) is 1. The fourth-order valence-electron chi connectivity index (χ4n) is 4.15. The van der Waals surface area contributed by atoms with Gasteiger partial charge in [-0.05, 0) is 63.1 Å². The molecule has 1 fully saturated rings. The Hall–Kier alpha value is -3.52. The molecule has 0 spiro atoms. The molecular weight excluding hydrogens is 444 g/mol. The number of anilines is 1. The minimum Gasteiger partial charge on any atom is -0.462 e. The van der Waals surface area contributed by atoms with Crippen molar-refractivity contribution >= 4 is 17.6 Å². The van der Waals surface area contributed by atoms with Crippen molar-refractivity contribution < 1.29 is 18.8 Å². The minimum atomic E-state index is -0.342. The number of aryl methyl sites for hydroxylation is 1. The third-order valence-corrected chi connectivity index (χ3v) is 6.10. The first-order chi connectivity index (χ1) is 17.0. The highest BCUT2D eigenvalue weighted by Crippen LogP contribution is 2.22. The van der Waals surface area contributed by atoms with Gasteiger partial charge in [-0.2, -0.15) is 4.98 Å². The van der Waals surface area contributed by atoms with Crippen molar-refractivity contribution in [3.63, 3.8) is 0 Å². The Bertz CT molecular complexity index is 1140. The molecule has 8 heteroatoms. The normalized spacial score (nSPS) is 16.1. The fourth-order valence-corrected chi connectivity index (χ4v) is 4.15. The predicted molar refractivity (Wildman–Crippen MR) is 133 cm³/mol. The number of ether oxygens (including phenoxy) is 1. The minimum absolute atomic E-state index is 0.0287. The SMILES string of the molecule is CCCCOC(=O)c1ccc(NC(=O)C2CCCN(Cc3nc(-c4cccc(C)c4)no3)C2)cc1. The molecule has 1 atom stereocenters. The Morgan fingerprint density at radius 2 is 2.03 bits per heavy atom. The molecule has 1 unspecified atom stereocenters. The first-order valence-electron chi connectivity index (χ1n) is 12.2. The first-order valence-corrected chi connectivity index (χ1v) is 12.2. The van der Waals surface area contributed by atoms with Crippen molar-refractivity contribution in [2.75, 3.05) is 25.0 Å². The lowest BCUT2D eigenvalue weighted by Crippen LogP contribution is -2.40. The number of esters is 1. The van der Waals surface area contributed by atoms with Crippen molar-refractivity contribution in [1.29, 1.82) is 0 Å². The van der Waals surface area contributed by atoms with Crippen molar-refractivity contribution in [3.8, 4) is 11.4 Å². The van der Waals surface area contributed by atoms with Crippen molar-refractivity contribution in [2.45, 2.75) is 46.1 Å². The molecule has 0 saturated carbocycles. The van der Waals surface area contributed by atoms with E-state index in [0.29, 0.717) is 42.7 Å². The smallest absolute Gasteiger partial charge is 0.338 e. The summed E-state index contributed by atoms with van der Waals surface area (Å²) < 4.78 is 10.7. The van der Waals surface area contributed by atoms with Gasteiger partial charge in [0.2, 0.25) is 17.6 Å². The van der Waals surface area contributed by atoms with E-state index in [-0.39, 0.29) is 17.8 Å². The van der Waals surface area contributed by atoms with Crippen LogP contribution in [0, 0.1) is 12.8 Å². The van der Waals surface area contributed by atoms with Gasteiger partial charge in [0.05, 0.1) is 24.6 Å². The molecule has 4 rings (SSSR count). The molecule has 1 aromatic heterocycles. The van der Waals surface area contributed by atoms with Gasteiger partial charge in [-0.3, -0.25) is 9.69 Å². The Balaban J connectivity index is 1.29. The summed E-state index contributed by atoms with van der Waals surface area (Å²) in [7, 11) is 0. The number of likely N-dealkylation sites (tertiary alicyclic amines) is 1. The number of unbranched alkanes of at least 4 members (excludes halogenated alkanes) is 1.